The van der Waals surface area contributed by atoms with Crippen LogP contribution in [0.5, 0.6) is 0 Å². The predicted octanol–water partition coefficient (Wildman–Crippen LogP) is 3.29. The summed E-state index contributed by atoms with van der Waals surface area (Å²) >= 11 is 1.57. The van der Waals surface area contributed by atoms with E-state index in [1.807, 2.05) is 17.5 Å². The number of benzene rings is 1. The van der Waals surface area contributed by atoms with E-state index in [1.54, 1.807) is 34.4 Å². The van der Waals surface area contributed by atoms with E-state index in [1.165, 1.54) is 18.2 Å². The van der Waals surface area contributed by atoms with E-state index in [0.29, 0.717) is 36.9 Å². The van der Waals surface area contributed by atoms with Crippen LogP contribution in [0.3, 0.4) is 0 Å². The van der Waals surface area contributed by atoms with Crippen LogP contribution in [0.4, 0.5) is 4.39 Å². The highest BCUT2D eigenvalue weighted by atomic mass is 32.1. The van der Waals surface area contributed by atoms with Gasteiger partial charge in [-0.15, -0.1) is 11.3 Å². The van der Waals surface area contributed by atoms with Crippen molar-refractivity contribution in [3.05, 3.63) is 65.1 Å². The molecule has 1 aliphatic heterocycles. The van der Waals surface area contributed by atoms with Crippen LogP contribution in [-0.4, -0.2) is 52.0 Å². The summed E-state index contributed by atoms with van der Waals surface area (Å²) in [7, 11) is 0. The largest absolute Gasteiger partial charge is 0.338 e. The zero-order chi connectivity index (χ0) is 19.3. The van der Waals surface area contributed by atoms with Crippen LogP contribution < -0.4 is 0 Å². The third-order valence-corrected chi connectivity index (χ3v) is 5.43. The summed E-state index contributed by atoms with van der Waals surface area (Å²) in [6, 6.07) is 10.3. The Labute approximate surface area is 165 Å². The molecule has 144 valence electrons. The Morgan fingerprint density at radius 1 is 1.18 bits per heavy atom. The highest BCUT2D eigenvalue weighted by Gasteiger charge is 2.21. The van der Waals surface area contributed by atoms with Crippen molar-refractivity contribution in [1.29, 1.82) is 0 Å². The second-order valence-corrected chi connectivity index (χ2v) is 7.39. The Morgan fingerprint density at radius 3 is 2.75 bits per heavy atom. The number of hydrogen-bond donors (Lipinski definition) is 0. The van der Waals surface area contributed by atoms with Crippen LogP contribution in [0.25, 0.3) is 16.8 Å². The van der Waals surface area contributed by atoms with Crippen molar-refractivity contribution in [1.82, 2.24) is 19.9 Å². The first kappa shape index (κ1) is 18.5. The number of rotatable bonds is 5. The van der Waals surface area contributed by atoms with Crippen molar-refractivity contribution in [2.45, 2.75) is 6.54 Å². The molecule has 1 aromatic carbocycles. The maximum atomic E-state index is 13.6. The van der Waals surface area contributed by atoms with E-state index in [9.17, 15) is 9.18 Å². The fraction of sp³-hybridized carbons (Fsp3) is 0.250. The quantitative estimate of drug-likeness (QED) is 0.617. The van der Waals surface area contributed by atoms with Crippen molar-refractivity contribution >= 4 is 23.3 Å². The lowest BCUT2D eigenvalue weighted by molar-refractivity contribution is -0.127. The second-order valence-electron chi connectivity index (χ2n) is 6.45. The van der Waals surface area contributed by atoms with Gasteiger partial charge in [0.25, 0.3) is 0 Å². The van der Waals surface area contributed by atoms with Gasteiger partial charge in [0.15, 0.2) is 0 Å². The van der Waals surface area contributed by atoms with Crippen molar-refractivity contribution < 1.29 is 13.7 Å². The predicted molar refractivity (Wildman–Crippen MR) is 105 cm³/mol. The topological polar surface area (TPSA) is 62.5 Å². The Balaban J connectivity index is 1.29. The first-order chi connectivity index (χ1) is 13.7. The maximum absolute atomic E-state index is 13.6. The molecule has 0 unspecified atom stereocenters. The van der Waals surface area contributed by atoms with Gasteiger partial charge >= 0.3 is 0 Å². The number of aromatic nitrogens is 2. The van der Waals surface area contributed by atoms with E-state index in [2.05, 4.69) is 15.0 Å². The summed E-state index contributed by atoms with van der Waals surface area (Å²) in [5.41, 5.74) is 0.410. The lowest BCUT2D eigenvalue weighted by Gasteiger charge is -2.33. The van der Waals surface area contributed by atoms with Gasteiger partial charge in [-0.1, -0.05) is 29.4 Å². The van der Waals surface area contributed by atoms with Gasteiger partial charge in [-0.2, -0.15) is 4.98 Å². The van der Waals surface area contributed by atoms with Crippen molar-refractivity contribution in [3.63, 3.8) is 0 Å². The molecule has 4 rings (SSSR count). The van der Waals surface area contributed by atoms with Crippen LogP contribution in [-0.2, 0) is 11.3 Å². The highest BCUT2D eigenvalue weighted by Crippen LogP contribution is 2.21. The molecule has 0 radical (unpaired) electrons. The van der Waals surface area contributed by atoms with Gasteiger partial charge < -0.3 is 9.42 Å². The standard InChI is InChI=1S/C20H19FN4O2S/c21-16-5-2-1-4-15(16)7-8-19(26)25-11-9-24(10-12-25)14-18-22-20(23-27-18)17-6-3-13-28-17/h1-8,13H,9-12,14H2/b8-7+. The lowest BCUT2D eigenvalue weighted by Crippen LogP contribution is -2.47. The molecular formula is C20H19FN4O2S. The molecule has 0 saturated carbocycles. The zero-order valence-electron chi connectivity index (χ0n) is 15.1. The number of halogens is 1. The molecule has 28 heavy (non-hydrogen) atoms. The molecule has 1 aliphatic rings. The maximum Gasteiger partial charge on any atom is 0.246 e. The lowest BCUT2D eigenvalue weighted by atomic mass is 10.2. The number of hydrogen-bond acceptors (Lipinski definition) is 6. The summed E-state index contributed by atoms with van der Waals surface area (Å²) in [6.45, 7) is 3.20. The van der Waals surface area contributed by atoms with Gasteiger partial charge in [0.2, 0.25) is 17.6 Å². The normalized spacial score (nSPS) is 15.4. The van der Waals surface area contributed by atoms with Crippen LogP contribution in [0.1, 0.15) is 11.5 Å². The van der Waals surface area contributed by atoms with Crippen molar-refractivity contribution in [3.8, 4) is 10.7 Å². The third-order valence-electron chi connectivity index (χ3n) is 4.56. The molecule has 0 atom stereocenters. The average molecular weight is 398 g/mol. The van der Waals surface area contributed by atoms with E-state index in [0.717, 1.165) is 18.0 Å². The van der Waals surface area contributed by atoms with E-state index in [-0.39, 0.29) is 11.7 Å². The van der Waals surface area contributed by atoms with Crippen molar-refractivity contribution in [2.24, 2.45) is 0 Å². The molecule has 1 saturated heterocycles. The van der Waals surface area contributed by atoms with Crippen LogP contribution in [0.15, 0.2) is 52.4 Å². The average Bonchev–Trinajstić information content (AvgIpc) is 3.39. The van der Waals surface area contributed by atoms with E-state index < -0.39 is 0 Å². The fourth-order valence-corrected chi connectivity index (χ4v) is 3.67. The third kappa shape index (κ3) is 4.35. The van der Waals surface area contributed by atoms with Crippen LogP contribution in [0, 0.1) is 5.82 Å². The Bertz CT molecular complexity index is 962. The first-order valence-corrected chi connectivity index (χ1v) is 9.87. The molecule has 0 bridgehead atoms. The molecule has 0 aliphatic carbocycles. The van der Waals surface area contributed by atoms with Gasteiger partial charge in [-0.05, 0) is 23.6 Å². The molecule has 6 nitrogen and oxygen atoms in total. The van der Waals surface area contributed by atoms with E-state index >= 15 is 0 Å². The van der Waals surface area contributed by atoms with Gasteiger partial charge in [-0.3, -0.25) is 9.69 Å². The summed E-state index contributed by atoms with van der Waals surface area (Å²) in [4.78, 5) is 21.7. The van der Waals surface area contributed by atoms with Crippen molar-refractivity contribution in [2.75, 3.05) is 26.2 Å². The van der Waals surface area contributed by atoms with Gasteiger partial charge in [-0.25, -0.2) is 4.39 Å². The minimum atomic E-state index is -0.335. The molecule has 1 amide bonds. The molecule has 3 heterocycles. The minimum absolute atomic E-state index is 0.110. The molecular weight excluding hydrogens is 379 g/mol. The highest BCUT2D eigenvalue weighted by molar-refractivity contribution is 7.13. The summed E-state index contributed by atoms with van der Waals surface area (Å²) in [6.07, 6.45) is 2.95. The number of thiophene rings is 1. The first-order valence-electron chi connectivity index (χ1n) is 8.99. The molecule has 1 fully saturated rings. The Kier molecular flexibility index (Phi) is 5.59. The fourth-order valence-electron chi connectivity index (χ4n) is 3.02. The number of piperazine rings is 1. The Hall–Kier alpha value is -2.84. The number of carbonyl (C=O) groups excluding carboxylic acids is 1. The molecule has 3 aromatic rings. The smallest absolute Gasteiger partial charge is 0.246 e. The molecule has 2 aromatic heterocycles. The minimum Gasteiger partial charge on any atom is -0.338 e. The molecule has 8 heteroatoms. The molecule has 0 N–H and O–H groups in total. The number of nitrogens with zero attached hydrogens (tertiary/aromatic N) is 4. The molecule has 0 spiro atoms. The summed E-state index contributed by atoms with van der Waals surface area (Å²) in [5, 5.41) is 6.00. The number of amides is 1. The SMILES string of the molecule is O=C(/C=C/c1ccccc1F)N1CCN(Cc2nc(-c3cccs3)no2)CC1. The number of carbonyl (C=O) groups is 1. The zero-order valence-corrected chi connectivity index (χ0v) is 15.9. The second kappa shape index (κ2) is 8.45. The summed E-state index contributed by atoms with van der Waals surface area (Å²) < 4.78 is 19.0. The Morgan fingerprint density at radius 2 is 2.00 bits per heavy atom. The van der Waals surface area contributed by atoms with E-state index in [4.69, 9.17) is 4.52 Å². The summed E-state index contributed by atoms with van der Waals surface area (Å²) in [5.74, 6) is 0.734. The van der Waals surface area contributed by atoms with Crippen LogP contribution in [0.2, 0.25) is 0 Å². The monoisotopic (exact) mass is 398 g/mol. The van der Waals surface area contributed by atoms with Gasteiger partial charge in [0.1, 0.15) is 5.82 Å². The van der Waals surface area contributed by atoms with Gasteiger partial charge in [0, 0.05) is 37.8 Å². The van der Waals surface area contributed by atoms with Crippen LogP contribution >= 0.6 is 11.3 Å². The van der Waals surface area contributed by atoms with Gasteiger partial charge in [0.05, 0.1) is 11.4 Å².